The molecule has 0 bridgehead atoms. The summed E-state index contributed by atoms with van der Waals surface area (Å²) in [5.41, 5.74) is 0. The highest BCUT2D eigenvalue weighted by Crippen LogP contribution is 2.22. The van der Waals surface area contributed by atoms with Crippen molar-refractivity contribution >= 4 is 0 Å². The van der Waals surface area contributed by atoms with E-state index in [1.54, 1.807) is 0 Å². The highest BCUT2D eigenvalue weighted by molar-refractivity contribution is 4.67. The molecule has 1 heterocycles. The van der Waals surface area contributed by atoms with E-state index in [0.29, 0.717) is 5.92 Å². The van der Waals surface area contributed by atoms with Crippen molar-refractivity contribution in [2.24, 2.45) is 5.92 Å². The van der Waals surface area contributed by atoms with Crippen molar-refractivity contribution in [2.45, 2.75) is 45.5 Å². The summed E-state index contributed by atoms with van der Waals surface area (Å²) in [7, 11) is 0. The monoisotopic (exact) mass is 144 g/mol. The van der Waals surface area contributed by atoms with Crippen LogP contribution in [0, 0.1) is 5.92 Å². The molecule has 0 aromatic rings. The van der Waals surface area contributed by atoms with E-state index in [1.807, 2.05) is 0 Å². The molecule has 1 saturated heterocycles. The predicted molar refractivity (Wildman–Crippen MR) is 39.6 cm³/mol. The summed E-state index contributed by atoms with van der Waals surface area (Å²) in [5.74, 6) is 0.537. The van der Waals surface area contributed by atoms with Crippen LogP contribution in [0.5, 0.6) is 0 Å². The zero-order chi connectivity index (χ0) is 7.56. The first-order chi connectivity index (χ1) is 4.70. The van der Waals surface area contributed by atoms with Gasteiger partial charge in [-0.15, -0.1) is 0 Å². The summed E-state index contributed by atoms with van der Waals surface area (Å²) < 4.78 is 5.30. The number of ether oxygens (including phenoxy) is 1. The Kier molecular flexibility index (Phi) is 2.69. The molecule has 0 aliphatic carbocycles. The molecule has 0 radical (unpaired) electrons. The van der Waals surface area contributed by atoms with Gasteiger partial charge in [-0.2, -0.15) is 0 Å². The van der Waals surface area contributed by atoms with E-state index < -0.39 is 6.29 Å². The van der Waals surface area contributed by atoms with Gasteiger partial charge in [0.25, 0.3) is 0 Å². The van der Waals surface area contributed by atoms with E-state index in [2.05, 4.69) is 13.8 Å². The van der Waals surface area contributed by atoms with Crippen LogP contribution in [-0.4, -0.2) is 17.5 Å². The molecule has 2 heteroatoms. The molecule has 1 rings (SSSR count). The van der Waals surface area contributed by atoms with Crippen molar-refractivity contribution in [3.05, 3.63) is 0 Å². The first-order valence-electron chi connectivity index (χ1n) is 4.03. The molecule has 0 spiro atoms. The first-order valence-corrected chi connectivity index (χ1v) is 4.03. The van der Waals surface area contributed by atoms with Crippen molar-refractivity contribution < 1.29 is 9.84 Å². The Morgan fingerprint density at radius 1 is 1.40 bits per heavy atom. The van der Waals surface area contributed by atoms with Crippen LogP contribution in [0.25, 0.3) is 0 Å². The summed E-state index contributed by atoms with van der Waals surface area (Å²) in [6.07, 6.45) is 2.80. The van der Waals surface area contributed by atoms with Crippen LogP contribution in [0.3, 0.4) is 0 Å². The summed E-state index contributed by atoms with van der Waals surface area (Å²) in [6.45, 7) is 4.26. The third-order valence-corrected chi connectivity index (χ3v) is 2.02. The number of rotatable bonds is 1. The Morgan fingerprint density at radius 3 is 2.50 bits per heavy atom. The molecule has 1 N–H and O–H groups in total. The van der Waals surface area contributed by atoms with Gasteiger partial charge in [0.05, 0.1) is 6.10 Å². The van der Waals surface area contributed by atoms with Crippen LogP contribution in [0.15, 0.2) is 0 Å². The smallest absolute Gasteiger partial charge is 0.154 e. The van der Waals surface area contributed by atoms with Crippen molar-refractivity contribution in [3.63, 3.8) is 0 Å². The lowest BCUT2D eigenvalue weighted by Gasteiger charge is -2.29. The maximum Gasteiger partial charge on any atom is 0.154 e. The highest BCUT2D eigenvalue weighted by Gasteiger charge is 2.22. The van der Waals surface area contributed by atoms with Gasteiger partial charge in [0.15, 0.2) is 6.29 Å². The third-order valence-electron chi connectivity index (χ3n) is 2.02. The third kappa shape index (κ3) is 1.96. The zero-order valence-corrected chi connectivity index (χ0v) is 6.71. The topological polar surface area (TPSA) is 29.5 Å². The molecule has 1 aliphatic heterocycles. The minimum Gasteiger partial charge on any atom is -0.368 e. The molecule has 0 saturated carbocycles. The summed E-state index contributed by atoms with van der Waals surface area (Å²) in [5, 5.41) is 9.11. The van der Waals surface area contributed by atoms with Gasteiger partial charge in [0.1, 0.15) is 0 Å². The van der Waals surface area contributed by atoms with E-state index >= 15 is 0 Å². The second-order valence-electron chi connectivity index (χ2n) is 3.30. The molecule has 1 aliphatic rings. The maximum atomic E-state index is 9.11. The Balaban J connectivity index is 2.32. The summed E-state index contributed by atoms with van der Waals surface area (Å²) in [6, 6.07) is 0. The lowest BCUT2D eigenvalue weighted by Crippen LogP contribution is -2.30. The predicted octanol–water partition coefficient (Wildman–Crippen LogP) is 1.53. The van der Waals surface area contributed by atoms with Gasteiger partial charge in [-0.1, -0.05) is 13.8 Å². The molecule has 2 atom stereocenters. The van der Waals surface area contributed by atoms with Crippen molar-refractivity contribution in [1.82, 2.24) is 0 Å². The molecular weight excluding hydrogens is 128 g/mol. The maximum absolute atomic E-state index is 9.11. The Labute approximate surface area is 62.2 Å². The average Bonchev–Trinajstić information content (AvgIpc) is 1.88. The second-order valence-corrected chi connectivity index (χ2v) is 3.30. The van der Waals surface area contributed by atoms with Crippen LogP contribution >= 0.6 is 0 Å². The molecule has 2 unspecified atom stereocenters. The number of aliphatic hydroxyl groups excluding tert-OH is 1. The molecule has 1 fully saturated rings. The minimum absolute atomic E-state index is 0.281. The zero-order valence-electron chi connectivity index (χ0n) is 6.71. The molecular formula is C8H16O2. The van der Waals surface area contributed by atoms with Gasteiger partial charge in [-0.05, 0) is 25.2 Å². The SMILES string of the molecule is CC(C)C1CCCC(O)O1. The van der Waals surface area contributed by atoms with Crippen LogP contribution < -0.4 is 0 Å². The average molecular weight is 144 g/mol. The van der Waals surface area contributed by atoms with E-state index in [9.17, 15) is 0 Å². The minimum atomic E-state index is -0.499. The standard InChI is InChI=1S/C8H16O2/c1-6(2)7-4-3-5-8(9)10-7/h6-9H,3-5H2,1-2H3. The Bertz CT molecular complexity index is 101. The first kappa shape index (κ1) is 8.02. The fourth-order valence-electron chi connectivity index (χ4n) is 1.32. The van der Waals surface area contributed by atoms with Gasteiger partial charge in [0.2, 0.25) is 0 Å². The van der Waals surface area contributed by atoms with Crippen LogP contribution in [0.4, 0.5) is 0 Å². The second kappa shape index (κ2) is 3.35. The number of hydrogen-bond acceptors (Lipinski definition) is 2. The van der Waals surface area contributed by atoms with Crippen LogP contribution in [0.1, 0.15) is 33.1 Å². The molecule has 0 aromatic heterocycles. The van der Waals surface area contributed by atoms with E-state index in [4.69, 9.17) is 9.84 Å². The van der Waals surface area contributed by atoms with E-state index in [1.165, 1.54) is 0 Å². The Morgan fingerprint density at radius 2 is 2.10 bits per heavy atom. The van der Waals surface area contributed by atoms with Crippen molar-refractivity contribution in [3.8, 4) is 0 Å². The fraction of sp³-hybridized carbons (Fsp3) is 1.00. The lowest BCUT2D eigenvalue weighted by molar-refractivity contribution is -0.173. The molecule has 0 aromatic carbocycles. The largest absolute Gasteiger partial charge is 0.368 e. The van der Waals surface area contributed by atoms with Crippen molar-refractivity contribution in [2.75, 3.05) is 0 Å². The molecule has 0 amide bonds. The normalized spacial score (nSPS) is 34.8. The van der Waals surface area contributed by atoms with Gasteiger partial charge in [0, 0.05) is 0 Å². The summed E-state index contributed by atoms with van der Waals surface area (Å²) >= 11 is 0. The van der Waals surface area contributed by atoms with Crippen molar-refractivity contribution in [1.29, 1.82) is 0 Å². The van der Waals surface area contributed by atoms with E-state index in [0.717, 1.165) is 19.3 Å². The number of aliphatic hydroxyl groups is 1. The van der Waals surface area contributed by atoms with E-state index in [-0.39, 0.29) is 6.10 Å². The molecule has 2 nitrogen and oxygen atoms in total. The highest BCUT2D eigenvalue weighted by atomic mass is 16.6. The molecule has 60 valence electrons. The van der Waals surface area contributed by atoms with Gasteiger partial charge in [-0.25, -0.2) is 0 Å². The number of hydrogen-bond donors (Lipinski definition) is 1. The quantitative estimate of drug-likeness (QED) is 0.604. The van der Waals surface area contributed by atoms with Gasteiger partial charge >= 0.3 is 0 Å². The summed E-state index contributed by atoms with van der Waals surface area (Å²) in [4.78, 5) is 0. The van der Waals surface area contributed by atoms with Gasteiger partial charge < -0.3 is 9.84 Å². The van der Waals surface area contributed by atoms with Crippen LogP contribution in [-0.2, 0) is 4.74 Å². The fourth-order valence-corrected chi connectivity index (χ4v) is 1.32. The lowest BCUT2D eigenvalue weighted by atomic mass is 9.99. The molecule has 10 heavy (non-hydrogen) atoms. The Hall–Kier alpha value is -0.0800. The van der Waals surface area contributed by atoms with Gasteiger partial charge in [-0.3, -0.25) is 0 Å². The van der Waals surface area contributed by atoms with Crippen LogP contribution in [0.2, 0.25) is 0 Å².